The normalized spacial score (nSPS) is 20.5. The fourth-order valence-corrected chi connectivity index (χ4v) is 2.88. The van der Waals surface area contributed by atoms with Gasteiger partial charge in [-0.1, -0.05) is 24.6 Å². The van der Waals surface area contributed by atoms with Crippen LogP contribution in [0.2, 0.25) is 0 Å². The van der Waals surface area contributed by atoms with Gasteiger partial charge in [0.15, 0.2) is 0 Å². The van der Waals surface area contributed by atoms with Gasteiger partial charge in [-0.3, -0.25) is 9.88 Å². The first-order valence-corrected chi connectivity index (χ1v) is 6.90. The molecule has 1 saturated heterocycles. The predicted octanol–water partition coefficient (Wildman–Crippen LogP) is 2.79. The molecule has 0 N–H and O–H groups in total. The zero-order valence-corrected chi connectivity index (χ0v) is 11.0. The Kier molecular flexibility index (Phi) is 3.56. The number of carbonyl (C=O) groups is 1. The molecule has 1 fully saturated rings. The van der Waals surface area contributed by atoms with E-state index in [0.29, 0.717) is 0 Å². The molecule has 0 saturated carbocycles. The molecule has 3 heteroatoms. The molecule has 1 aromatic heterocycles. The molecule has 19 heavy (non-hydrogen) atoms. The van der Waals surface area contributed by atoms with Crippen LogP contribution in [0, 0.1) is 0 Å². The first-order valence-electron chi connectivity index (χ1n) is 6.90. The lowest BCUT2D eigenvalue weighted by Crippen LogP contribution is -2.39. The molecule has 98 valence electrons. The van der Waals surface area contributed by atoms with Crippen molar-refractivity contribution < 1.29 is 4.79 Å². The Morgan fingerprint density at radius 3 is 3.05 bits per heavy atom. The van der Waals surface area contributed by atoms with Gasteiger partial charge >= 0.3 is 0 Å². The minimum Gasteiger partial charge on any atom is -0.302 e. The first-order chi connectivity index (χ1) is 9.38. The Morgan fingerprint density at radius 1 is 1.26 bits per heavy atom. The maximum Gasteiger partial charge on any atom is 0.137 e. The topological polar surface area (TPSA) is 33.2 Å². The summed E-state index contributed by atoms with van der Waals surface area (Å²) in [6, 6.07) is 10.3. The monoisotopic (exact) mass is 254 g/mol. The van der Waals surface area contributed by atoms with Crippen molar-refractivity contribution >= 4 is 17.2 Å². The molecule has 1 atom stereocenters. The Bertz CT molecular complexity index is 576. The van der Waals surface area contributed by atoms with Gasteiger partial charge in [0.1, 0.15) is 6.29 Å². The highest BCUT2D eigenvalue weighted by Gasteiger charge is 2.22. The van der Waals surface area contributed by atoms with Crippen molar-refractivity contribution in [1.82, 2.24) is 9.88 Å². The Morgan fingerprint density at radius 2 is 2.16 bits per heavy atom. The third kappa shape index (κ3) is 2.51. The number of hydrogen-bond donors (Lipinski definition) is 0. The molecule has 2 heterocycles. The molecule has 0 spiro atoms. The maximum atomic E-state index is 11.2. The van der Waals surface area contributed by atoms with Gasteiger partial charge in [-0.15, -0.1) is 0 Å². The number of benzene rings is 1. The molecule has 1 aliphatic heterocycles. The minimum absolute atomic E-state index is 0.0840. The van der Waals surface area contributed by atoms with Gasteiger partial charge < -0.3 is 4.79 Å². The lowest BCUT2D eigenvalue weighted by atomic mass is 10.0. The van der Waals surface area contributed by atoms with Gasteiger partial charge in [-0.25, -0.2) is 0 Å². The molecule has 0 aliphatic carbocycles. The summed E-state index contributed by atoms with van der Waals surface area (Å²) in [6.45, 7) is 1.85. The second kappa shape index (κ2) is 5.49. The van der Waals surface area contributed by atoms with Gasteiger partial charge in [0.2, 0.25) is 0 Å². The summed E-state index contributed by atoms with van der Waals surface area (Å²) in [5.74, 6) is 0. The number of hydrogen-bond acceptors (Lipinski definition) is 3. The van der Waals surface area contributed by atoms with E-state index in [1.807, 2.05) is 24.4 Å². The largest absolute Gasteiger partial charge is 0.302 e. The molecule has 3 nitrogen and oxygen atoms in total. The average molecular weight is 254 g/mol. The van der Waals surface area contributed by atoms with Crippen LogP contribution >= 0.6 is 0 Å². The summed E-state index contributed by atoms with van der Waals surface area (Å²) in [6.07, 6.45) is 6.30. The van der Waals surface area contributed by atoms with E-state index in [2.05, 4.69) is 22.0 Å². The second-order valence-electron chi connectivity index (χ2n) is 5.16. The van der Waals surface area contributed by atoms with Gasteiger partial charge in [0, 0.05) is 18.1 Å². The molecular weight excluding hydrogens is 236 g/mol. The fraction of sp³-hybridized carbons (Fsp3) is 0.375. The number of nitrogens with zero attached hydrogens (tertiary/aromatic N) is 2. The lowest BCUT2D eigenvalue weighted by Gasteiger charge is -2.32. The minimum atomic E-state index is 0.0840. The van der Waals surface area contributed by atoms with Crippen LogP contribution in [-0.4, -0.2) is 28.8 Å². The number of rotatable bonds is 3. The maximum absolute atomic E-state index is 11.2. The SMILES string of the molecule is O=CC1CCCCN1Cc1ccnc2ccccc12. The van der Waals surface area contributed by atoms with E-state index in [-0.39, 0.29) is 6.04 Å². The van der Waals surface area contributed by atoms with Crippen molar-refractivity contribution in [2.75, 3.05) is 6.54 Å². The van der Waals surface area contributed by atoms with Crippen LogP contribution < -0.4 is 0 Å². The molecule has 3 rings (SSSR count). The summed E-state index contributed by atoms with van der Waals surface area (Å²) in [5.41, 5.74) is 2.29. The van der Waals surface area contributed by atoms with Crippen LogP contribution in [0.15, 0.2) is 36.5 Å². The van der Waals surface area contributed by atoms with E-state index in [0.717, 1.165) is 37.7 Å². The highest BCUT2D eigenvalue weighted by Crippen LogP contribution is 2.22. The highest BCUT2D eigenvalue weighted by atomic mass is 16.1. The Labute approximate surface area is 113 Å². The summed E-state index contributed by atoms with van der Waals surface area (Å²) in [7, 11) is 0. The summed E-state index contributed by atoms with van der Waals surface area (Å²) < 4.78 is 0. The van der Waals surface area contributed by atoms with Crippen molar-refractivity contribution in [3.8, 4) is 0 Å². The van der Waals surface area contributed by atoms with Gasteiger partial charge in [0.05, 0.1) is 11.6 Å². The van der Waals surface area contributed by atoms with Crippen LogP contribution in [0.25, 0.3) is 10.9 Å². The van der Waals surface area contributed by atoms with Crippen molar-refractivity contribution in [2.24, 2.45) is 0 Å². The smallest absolute Gasteiger partial charge is 0.137 e. The summed E-state index contributed by atoms with van der Waals surface area (Å²) >= 11 is 0. The third-order valence-electron chi connectivity index (χ3n) is 3.93. The van der Waals surface area contributed by atoms with Gasteiger partial charge in [-0.2, -0.15) is 0 Å². The molecule has 0 bridgehead atoms. The van der Waals surface area contributed by atoms with E-state index in [4.69, 9.17) is 0 Å². The Hall–Kier alpha value is -1.74. The number of aromatic nitrogens is 1. The number of carbonyl (C=O) groups excluding carboxylic acids is 1. The molecule has 1 aromatic carbocycles. The predicted molar refractivity (Wildman–Crippen MR) is 75.9 cm³/mol. The average Bonchev–Trinajstić information content (AvgIpc) is 2.48. The molecule has 0 amide bonds. The number of piperidine rings is 1. The third-order valence-corrected chi connectivity index (χ3v) is 3.93. The van der Waals surface area contributed by atoms with E-state index < -0.39 is 0 Å². The number of pyridine rings is 1. The number of likely N-dealkylation sites (tertiary alicyclic amines) is 1. The van der Waals surface area contributed by atoms with Crippen LogP contribution in [0.5, 0.6) is 0 Å². The fourth-order valence-electron chi connectivity index (χ4n) is 2.88. The van der Waals surface area contributed by atoms with Gasteiger partial charge in [-0.05, 0) is 37.1 Å². The standard InChI is InChI=1S/C16H18N2O/c19-12-14-5-3-4-10-18(14)11-13-8-9-17-16-7-2-1-6-15(13)16/h1-2,6-9,12,14H,3-5,10-11H2. The molecule has 2 aromatic rings. The number of fused-ring (bicyclic) bond motifs is 1. The number of para-hydroxylation sites is 1. The zero-order chi connectivity index (χ0) is 13.1. The number of aldehydes is 1. The van der Waals surface area contributed by atoms with Crippen LogP contribution in [0.1, 0.15) is 24.8 Å². The first kappa shape index (κ1) is 12.3. The van der Waals surface area contributed by atoms with E-state index in [9.17, 15) is 4.79 Å². The molecule has 1 aliphatic rings. The lowest BCUT2D eigenvalue weighted by molar-refractivity contribution is -0.113. The second-order valence-corrected chi connectivity index (χ2v) is 5.16. The van der Waals surface area contributed by atoms with E-state index in [1.54, 1.807) is 0 Å². The zero-order valence-electron chi connectivity index (χ0n) is 11.0. The van der Waals surface area contributed by atoms with Crippen LogP contribution in [0.4, 0.5) is 0 Å². The summed E-state index contributed by atoms with van der Waals surface area (Å²) in [4.78, 5) is 17.8. The Balaban J connectivity index is 1.90. The van der Waals surface area contributed by atoms with Crippen molar-refractivity contribution in [1.29, 1.82) is 0 Å². The van der Waals surface area contributed by atoms with Crippen LogP contribution in [0.3, 0.4) is 0 Å². The molecule has 1 unspecified atom stereocenters. The van der Waals surface area contributed by atoms with Crippen molar-refractivity contribution in [2.45, 2.75) is 31.8 Å². The molecule has 0 radical (unpaired) electrons. The van der Waals surface area contributed by atoms with Gasteiger partial charge in [0.25, 0.3) is 0 Å². The quantitative estimate of drug-likeness (QED) is 0.790. The van der Waals surface area contributed by atoms with E-state index in [1.165, 1.54) is 17.4 Å². The van der Waals surface area contributed by atoms with Crippen LogP contribution in [-0.2, 0) is 11.3 Å². The van der Waals surface area contributed by atoms with Crippen molar-refractivity contribution in [3.63, 3.8) is 0 Å². The summed E-state index contributed by atoms with van der Waals surface area (Å²) in [5, 5.41) is 1.19. The van der Waals surface area contributed by atoms with E-state index >= 15 is 0 Å². The highest BCUT2D eigenvalue weighted by molar-refractivity contribution is 5.81. The molecular formula is C16H18N2O. The van der Waals surface area contributed by atoms with Crippen molar-refractivity contribution in [3.05, 3.63) is 42.1 Å².